The van der Waals surface area contributed by atoms with Crippen LogP contribution in [0, 0.1) is 5.82 Å². The number of halogens is 1. The first-order valence-corrected chi connectivity index (χ1v) is 9.03. The van der Waals surface area contributed by atoms with Crippen molar-refractivity contribution in [3.8, 4) is 0 Å². The number of carbonyl (C=O) groups is 2. The zero-order valence-corrected chi connectivity index (χ0v) is 14.9. The molecule has 0 bridgehead atoms. The molecule has 7 heteroatoms. The Labute approximate surface area is 153 Å². The number of rotatable bonds is 6. The van der Waals surface area contributed by atoms with Crippen molar-refractivity contribution >= 4 is 38.6 Å². The minimum atomic E-state index is -0.403. The number of benzene rings is 2. The quantitative estimate of drug-likeness (QED) is 0.505. The first kappa shape index (κ1) is 18.0. The molecule has 0 aliphatic rings. The van der Waals surface area contributed by atoms with Gasteiger partial charge in [-0.3, -0.25) is 10.1 Å². The van der Waals surface area contributed by atoms with Crippen LogP contribution in [0.15, 0.2) is 42.5 Å². The van der Waals surface area contributed by atoms with E-state index < -0.39 is 5.82 Å². The molecule has 5 nitrogen and oxygen atoms in total. The summed E-state index contributed by atoms with van der Waals surface area (Å²) in [7, 11) is 0. The summed E-state index contributed by atoms with van der Waals surface area (Å²) in [4.78, 5) is 28.5. The molecule has 0 saturated carbocycles. The van der Waals surface area contributed by atoms with E-state index >= 15 is 0 Å². The van der Waals surface area contributed by atoms with Crippen LogP contribution in [-0.2, 0) is 4.74 Å². The number of anilines is 1. The van der Waals surface area contributed by atoms with Crippen LogP contribution in [0.25, 0.3) is 10.2 Å². The Kier molecular flexibility index (Phi) is 5.58. The van der Waals surface area contributed by atoms with Gasteiger partial charge < -0.3 is 4.74 Å². The molecule has 0 radical (unpaired) electrons. The summed E-state index contributed by atoms with van der Waals surface area (Å²) in [5.74, 6) is -1.14. The van der Waals surface area contributed by atoms with Crippen LogP contribution in [0.5, 0.6) is 0 Å². The lowest BCUT2D eigenvalue weighted by Crippen LogP contribution is -2.11. The average molecular weight is 372 g/mol. The summed E-state index contributed by atoms with van der Waals surface area (Å²) in [6, 6.07) is 10.3. The van der Waals surface area contributed by atoms with Crippen LogP contribution in [0.3, 0.4) is 0 Å². The molecule has 0 saturated heterocycles. The Hall–Kier alpha value is -2.80. The minimum Gasteiger partial charge on any atom is -0.462 e. The monoisotopic (exact) mass is 372 g/mol. The van der Waals surface area contributed by atoms with Crippen LogP contribution < -0.4 is 5.32 Å². The second-order valence-electron chi connectivity index (χ2n) is 5.65. The van der Waals surface area contributed by atoms with Crippen molar-refractivity contribution in [1.29, 1.82) is 0 Å². The highest BCUT2D eigenvalue weighted by Crippen LogP contribution is 2.27. The Morgan fingerprint density at radius 3 is 2.62 bits per heavy atom. The highest BCUT2D eigenvalue weighted by atomic mass is 32.1. The van der Waals surface area contributed by atoms with Gasteiger partial charge in [-0.1, -0.05) is 24.7 Å². The van der Waals surface area contributed by atoms with E-state index in [0.717, 1.165) is 17.5 Å². The van der Waals surface area contributed by atoms with Crippen LogP contribution in [0.1, 0.15) is 40.5 Å². The standard InChI is InChI=1S/C19H17FN2O3S/c1-2-3-10-25-18(24)13-6-9-15-16(11-13)26-19(21-15)22-17(23)12-4-7-14(20)8-5-12/h4-9,11H,2-3,10H2,1H3,(H,21,22,23). The number of hydrogen-bond donors (Lipinski definition) is 1. The summed E-state index contributed by atoms with van der Waals surface area (Å²) in [6.45, 7) is 2.42. The molecular formula is C19H17FN2O3S. The number of aromatic nitrogens is 1. The summed E-state index contributed by atoms with van der Waals surface area (Å²) in [5, 5.41) is 3.10. The first-order valence-electron chi connectivity index (χ1n) is 8.21. The van der Waals surface area contributed by atoms with E-state index in [1.54, 1.807) is 18.2 Å². The molecule has 1 amide bonds. The van der Waals surface area contributed by atoms with Gasteiger partial charge >= 0.3 is 5.97 Å². The molecule has 0 aliphatic carbocycles. The molecule has 0 fully saturated rings. The Morgan fingerprint density at radius 2 is 1.88 bits per heavy atom. The lowest BCUT2D eigenvalue weighted by Gasteiger charge is -2.03. The maximum Gasteiger partial charge on any atom is 0.338 e. The van der Waals surface area contributed by atoms with Crippen molar-refractivity contribution in [2.75, 3.05) is 11.9 Å². The van der Waals surface area contributed by atoms with Gasteiger partial charge in [0.2, 0.25) is 0 Å². The number of carbonyl (C=O) groups excluding carboxylic acids is 2. The predicted octanol–water partition coefficient (Wildman–Crippen LogP) is 4.64. The number of nitrogens with zero attached hydrogens (tertiary/aromatic N) is 1. The molecule has 1 aromatic heterocycles. The van der Waals surface area contributed by atoms with Crippen LogP contribution in [0.4, 0.5) is 9.52 Å². The van der Waals surface area contributed by atoms with Gasteiger partial charge in [0, 0.05) is 5.56 Å². The van der Waals surface area contributed by atoms with Gasteiger partial charge in [-0.05, 0) is 48.9 Å². The molecule has 134 valence electrons. The van der Waals surface area contributed by atoms with Gasteiger partial charge in [0.05, 0.1) is 22.4 Å². The SMILES string of the molecule is CCCCOC(=O)c1ccc2nc(NC(=O)c3ccc(F)cc3)sc2c1. The molecule has 0 aliphatic heterocycles. The lowest BCUT2D eigenvalue weighted by atomic mass is 10.2. The fourth-order valence-electron chi connectivity index (χ4n) is 2.27. The van der Waals surface area contributed by atoms with Crippen LogP contribution in [-0.4, -0.2) is 23.5 Å². The smallest absolute Gasteiger partial charge is 0.338 e. The molecule has 1 N–H and O–H groups in total. The second kappa shape index (κ2) is 8.05. The Balaban J connectivity index is 1.73. The number of fused-ring (bicyclic) bond motifs is 1. The van der Waals surface area contributed by atoms with Crippen molar-refractivity contribution in [3.63, 3.8) is 0 Å². The predicted molar refractivity (Wildman–Crippen MR) is 99.2 cm³/mol. The third-order valence-electron chi connectivity index (χ3n) is 3.68. The van der Waals surface area contributed by atoms with E-state index in [-0.39, 0.29) is 11.9 Å². The average Bonchev–Trinajstić information content (AvgIpc) is 3.03. The number of thiazole rings is 1. The summed E-state index contributed by atoms with van der Waals surface area (Å²) < 4.78 is 18.9. The maximum absolute atomic E-state index is 12.9. The first-order chi connectivity index (χ1) is 12.6. The molecule has 3 rings (SSSR count). The largest absolute Gasteiger partial charge is 0.462 e. The lowest BCUT2D eigenvalue weighted by molar-refractivity contribution is 0.0500. The maximum atomic E-state index is 12.9. The van der Waals surface area contributed by atoms with Crippen molar-refractivity contribution in [3.05, 3.63) is 59.4 Å². The van der Waals surface area contributed by atoms with Crippen molar-refractivity contribution in [1.82, 2.24) is 4.98 Å². The summed E-state index contributed by atoms with van der Waals surface area (Å²) in [6.07, 6.45) is 1.78. The zero-order valence-electron chi connectivity index (χ0n) is 14.1. The normalized spacial score (nSPS) is 10.7. The molecule has 0 unspecified atom stereocenters. The van der Waals surface area contributed by atoms with E-state index in [2.05, 4.69) is 10.3 Å². The van der Waals surface area contributed by atoms with E-state index in [4.69, 9.17) is 4.74 Å². The summed E-state index contributed by atoms with van der Waals surface area (Å²) >= 11 is 1.26. The van der Waals surface area contributed by atoms with Crippen molar-refractivity contribution < 1.29 is 18.7 Å². The molecule has 3 aromatic rings. The van der Waals surface area contributed by atoms with Gasteiger partial charge in [-0.15, -0.1) is 0 Å². The Bertz CT molecular complexity index is 938. The van der Waals surface area contributed by atoms with Gasteiger partial charge in [0.15, 0.2) is 5.13 Å². The van der Waals surface area contributed by atoms with Crippen LogP contribution >= 0.6 is 11.3 Å². The van der Waals surface area contributed by atoms with Crippen molar-refractivity contribution in [2.45, 2.75) is 19.8 Å². The number of esters is 1. The van der Waals surface area contributed by atoms with Crippen LogP contribution in [0.2, 0.25) is 0 Å². The number of unbranched alkanes of at least 4 members (excludes halogenated alkanes) is 1. The number of ether oxygens (including phenoxy) is 1. The summed E-state index contributed by atoms with van der Waals surface area (Å²) in [5.41, 5.74) is 1.47. The van der Waals surface area contributed by atoms with Gasteiger partial charge in [0.1, 0.15) is 5.82 Å². The molecule has 0 spiro atoms. The number of hydrogen-bond acceptors (Lipinski definition) is 5. The third-order valence-corrected chi connectivity index (χ3v) is 4.62. The van der Waals surface area contributed by atoms with E-state index in [9.17, 15) is 14.0 Å². The number of nitrogens with one attached hydrogen (secondary N) is 1. The van der Waals surface area contributed by atoms with E-state index in [0.29, 0.717) is 28.4 Å². The molecule has 0 atom stereocenters. The third kappa shape index (κ3) is 4.23. The van der Waals surface area contributed by atoms with Gasteiger partial charge in [-0.2, -0.15) is 0 Å². The fraction of sp³-hybridized carbons (Fsp3) is 0.211. The molecule has 26 heavy (non-hydrogen) atoms. The number of amides is 1. The highest BCUT2D eigenvalue weighted by Gasteiger charge is 2.13. The van der Waals surface area contributed by atoms with Crippen molar-refractivity contribution in [2.24, 2.45) is 0 Å². The molecular weight excluding hydrogens is 355 g/mol. The van der Waals surface area contributed by atoms with E-state index in [1.165, 1.54) is 35.6 Å². The second-order valence-corrected chi connectivity index (χ2v) is 6.68. The Morgan fingerprint density at radius 1 is 1.15 bits per heavy atom. The van der Waals surface area contributed by atoms with Gasteiger partial charge in [0.25, 0.3) is 5.91 Å². The topological polar surface area (TPSA) is 68.3 Å². The molecule has 1 heterocycles. The van der Waals surface area contributed by atoms with E-state index in [1.807, 2.05) is 6.92 Å². The zero-order chi connectivity index (χ0) is 18.5. The minimum absolute atomic E-state index is 0.339. The molecule has 2 aromatic carbocycles. The van der Waals surface area contributed by atoms with Gasteiger partial charge in [-0.25, -0.2) is 14.2 Å². The fourth-order valence-corrected chi connectivity index (χ4v) is 3.17. The highest BCUT2D eigenvalue weighted by molar-refractivity contribution is 7.22.